The molecule has 3 saturated heterocycles. The molecule has 684 valence electrons. The lowest BCUT2D eigenvalue weighted by atomic mass is 10.1. The molecule has 44 heteroatoms. The fourth-order valence-corrected chi connectivity index (χ4v) is 16.3. The van der Waals surface area contributed by atoms with E-state index in [1.165, 1.54) is 93.4 Å². The Labute approximate surface area is 719 Å². The largest absolute Gasteiger partial charge is 0.503 e. The number of aliphatic hydroxyl groups excluding tert-OH is 1. The molecular weight excluding hydrogens is 1690 g/mol. The molecule has 3 saturated carbocycles. The van der Waals surface area contributed by atoms with E-state index in [0.717, 1.165) is 109 Å². The third-order valence-electron chi connectivity index (χ3n) is 22.2. The Bertz CT molecular complexity index is 5570. The van der Waals surface area contributed by atoms with Gasteiger partial charge in [0.05, 0.1) is 79.5 Å². The van der Waals surface area contributed by atoms with Crippen LogP contribution in [0.4, 0.5) is 8.78 Å². The third-order valence-corrected chi connectivity index (χ3v) is 22.2. The first-order valence-corrected chi connectivity index (χ1v) is 38.4. The van der Waals surface area contributed by atoms with Gasteiger partial charge in [-0.05, 0) is 93.2 Å². The fourth-order valence-electron chi connectivity index (χ4n) is 16.3. The molecule has 127 heavy (non-hydrogen) atoms. The van der Waals surface area contributed by atoms with Crippen molar-refractivity contribution in [3.63, 3.8) is 0 Å². The van der Waals surface area contributed by atoms with E-state index in [2.05, 4.69) is 20.1 Å². The number of pyridine rings is 5. The van der Waals surface area contributed by atoms with Crippen molar-refractivity contribution >= 4 is 59.4 Å². The standard InChI is InChI=1S/2C21H20FN3O5.C14H14N2O6.C13H17NO8.C11H13NO8.3CH4/c2*22-12-3-1-11(2-4-12)8-23-20(28)15-9-24-10-16-25(13-5-6-14(7-13)30-16)21(29)17(24)19(27)18(15)26;17-11-8(14(20)21)4-15-5-9-16(13(19)10(15)12(11)18)6-1-2-7(3-6)22-9;1-19-8(20-2)6-14-5-7(12(16)17)10(15)11(21-3)9(14)13(18)22-4;1-19-9-7(11(18)20-2)12(4-6(13)14)3-5(8(9)15)10(16)17;;;/h2*1-4,9,13-14,16,27H,5-8,10H2,(H,23,28);4,6-7,9,18H,1-3,5H2,(H,20,21);5,8H,6H2,1-4H3,(H,16,17);3,6,13-14H,4H2,1-2H3,(H,16,17);3*1H4/t2*13-,14+,16+;6-,7+,9+;;;;;/m111...../s1. The monoisotopic (exact) mass is 1780 g/mol. The highest BCUT2D eigenvalue weighted by Crippen LogP contribution is 2.42. The smallest absolute Gasteiger partial charge is 0.358 e. The summed E-state index contributed by atoms with van der Waals surface area (Å²) in [6.45, 7) is 0.268. The number of hydrogen-bond donors (Lipinski definition) is 10. The first kappa shape index (κ1) is 97.3. The summed E-state index contributed by atoms with van der Waals surface area (Å²) >= 11 is 0. The van der Waals surface area contributed by atoms with Crippen molar-refractivity contribution in [3.8, 4) is 28.7 Å². The van der Waals surface area contributed by atoms with Gasteiger partial charge in [0, 0.05) is 76.4 Å². The minimum atomic E-state index is -1.87. The molecule has 9 aliphatic rings. The van der Waals surface area contributed by atoms with Crippen LogP contribution in [0, 0.1) is 11.6 Å². The lowest BCUT2D eigenvalue weighted by molar-refractivity contribution is -0.132. The zero-order valence-electron chi connectivity index (χ0n) is 66.9. The van der Waals surface area contributed by atoms with Crippen LogP contribution in [0.2, 0.25) is 0 Å². The van der Waals surface area contributed by atoms with Gasteiger partial charge in [0.15, 0.2) is 88.5 Å². The minimum absolute atomic E-state index is 0. The third kappa shape index (κ3) is 19.8. The predicted molar refractivity (Wildman–Crippen MR) is 434 cm³/mol. The minimum Gasteiger partial charge on any atom is -0.503 e. The summed E-state index contributed by atoms with van der Waals surface area (Å²) < 4.78 is 78.8. The second-order valence-corrected chi connectivity index (χ2v) is 29.6. The Hall–Kier alpha value is -13.5. The maximum Gasteiger partial charge on any atom is 0.358 e. The van der Waals surface area contributed by atoms with Gasteiger partial charge in [-0.25, -0.2) is 32.8 Å². The van der Waals surface area contributed by atoms with Gasteiger partial charge < -0.3 is 132 Å². The van der Waals surface area contributed by atoms with Crippen LogP contribution >= 0.6 is 0 Å². The second kappa shape index (κ2) is 40.6. The number of carbonyl (C=O) groups is 10. The predicted octanol–water partition coefficient (Wildman–Crippen LogP) is 3.22. The molecule has 11 heterocycles. The highest BCUT2D eigenvalue weighted by atomic mass is 19.1. The maximum absolute atomic E-state index is 13.0. The average molecular weight is 1780 g/mol. The highest BCUT2D eigenvalue weighted by molar-refractivity contribution is 6.02. The van der Waals surface area contributed by atoms with Crippen LogP contribution in [0.1, 0.15) is 195 Å². The van der Waals surface area contributed by atoms with Gasteiger partial charge in [0.25, 0.3) is 29.5 Å². The number of hydrogen-bond acceptors (Lipinski definition) is 29. The lowest BCUT2D eigenvalue weighted by Crippen LogP contribution is -2.57. The molecule has 42 nitrogen and oxygen atoms in total. The fraction of sp³-hybridized carbons (Fsp3) is 0.434. The second-order valence-electron chi connectivity index (χ2n) is 29.6. The molecule has 10 N–H and O–H groups in total. The molecule has 3 aliphatic carbocycles. The molecule has 6 aliphatic heterocycles. The number of rotatable bonds is 19. The summed E-state index contributed by atoms with van der Waals surface area (Å²) in [5.74, 6) is -13.0. The van der Waals surface area contributed by atoms with Crippen molar-refractivity contribution in [2.45, 2.75) is 194 Å². The molecule has 9 atom stereocenters. The maximum atomic E-state index is 13.0. The van der Waals surface area contributed by atoms with Crippen LogP contribution in [0.5, 0.6) is 28.7 Å². The summed E-state index contributed by atoms with van der Waals surface area (Å²) in [5, 5.41) is 81.1. The summed E-state index contributed by atoms with van der Waals surface area (Å²) in [7, 11) is 7.17. The quantitative estimate of drug-likeness (QED) is 0.0410. The van der Waals surface area contributed by atoms with E-state index in [1.54, 1.807) is 14.7 Å². The van der Waals surface area contributed by atoms with Crippen molar-refractivity contribution < 1.29 is 140 Å². The zero-order valence-corrected chi connectivity index (χ0v) is 66.9. The first-order chi connectivity index (χ1) is 59.0. The number of fused-ring (bicyclic) bond motifs is 15. The van der Waals surface area contributed by atoms with E-state index >= 15 is 0 Å². The summed E-state index contributed by atoms with van der Waals surface area (Å²) in [6, 6.07) is 11.3. The number of methoxy groups -OCH3 is 6. The van der Waals surface area contributed by atoms with E-state index in [4.69, 9.17) is 58.7 Å². The van der Waals surface area contributed by atoms with Gasteiger partial charge in [-0.3, -0.25) is 47.9 Å². The van der Waals surface area contributed by atoms with Crippen LogP contribution in [0.15, 0.2) is 103 Å². The van der Waals surface area contributed by atoms with Crippen LogP contribution in [-0.4, -0.2) is 248 Å². The number of nitrogens with zero attached hydrogens (tertiary/aromatic N) is 8. The number of aliphatic hydroxyl groups is 2. The first-order valence-electron chi connectivity index (χ1n) is 38.4. The molecular formula is C83H96F2N10O32. The Kier molecular flexibility index (Phi) is 31.1. The molecule has 7 aromatic rings. The SMILES string of the molecule is C.C.C.COC(=O)c1c(OC)c(=O)c(C(=O)O)cn1CC(O)O.COC(=O)c1c(OC)c(=O)c(C(=O)O)cn1CC(OC)OC.O=C(NCc1ccc(F)cc1)c1cn2c(c(O)c1=O)C(=O)N1[C@@H]3CC[C@@H](C3)O[C@H]1C2.O=C(NCc1ccc(F)cc1)c1cn2c(c(O)c1=O)C(=O)N1[C@@H]3CC[C@@H](C3)O[C@H]1C2.O=C(O)c1cn2c(c(O)c1=O)C(=O)N1[C@@H]3CC[C@@H](C3)O[C@H]1C2. The lowest BCUT2D eigenvalue weighted by Gasteiger charge is -2.44. The number of esters is 2. The Morgan fingerprint density at radius 1 is 0.433 bits per heavy atom. The Morgan fingerprint density at radius 3 is 1.02 bits per heavy atom. The number of halogens is 2. The van der Waals surface area contributed by atoms with Gasteiger partial charge in [-0.2, -0.15) is 0 Å². The van der Waals surface area contributed by atoms with Crippen LogP contribution in [-0.2, 0) is 79.0 Å². The zero-order chi connectivity index (χ0) is 89.9. The van der Waals surface area contributed by atoms with Crippen LogP contribution in [0.3, 0.4) is 0 Å². The summed E-state index contributed by atoms with van der Waals surface area (Å²) in [6.07, 6.45) is 9.23. The Balaban J connectivity index is 0.000000180. The number of benzene rings is 2. The number of aromatic hydroxyl groups is 3. The topological polar surface area (TPSA) is 559 Å². The normalized spacial score (nSPS) is 20.0. The summed E-state index contributed by atoms with van der Waals surface area (Å²) in [5.41, 5.74) is -6.75. The van der Waals surface area contributed by atoms with E-state index in [0.29, 0.717) is 11.1 Å². The molecule has 6 bridgehead atoms. The molecule has 2 aromatic carbocycles. The van der Waals surface area contributed by atoms with E-state index in [9.17, 15) is 96.0 Å². The molecule has 0 unspecified atom stereocenters. The van der Waals surface area contributed by atoms with Crippen molar-refractivity contribution in [1.82, 2.24) is 48.2 Å². The molecule has 6 fully saturated rings. The number of carboxylic acid groups (broad SMARTS) is 3. The number of aromatic carboxylic acids is 3. The van der Waals surface area contributed by atoms with Gasteiger partial charge >= 0.3 is 29.8 Å². The van der Waals surface area contributed by atoms with Crippen LogP contribution < -0.4 is 47.3 Å². The molecule has 5 aromatic heterocycles. The molecule has 0 radical (unpaired) electrons. The molecule has 16 rings (SSSR count). The van der Waals surface area contributed by atoms with Gasteiger partial charge in [0.1, 0.15) is 39.5 Å². The Morgan fingerprint density at radius 2 is 0.732 bits per heavy atom. The number of amides is 5. The highest BCUT2D eigenvalue weighted by Gasteiger charge is 2.51. The molecule has 5 amide bonds. The van der Waals surface area contributed by atoms with Gasteiger partial charge in [-0.15, -0.1) is 0 Å². The van der Waals surface area contributed by atoms with Gasteiger partial charge in [0.2, 0.25) is 27.1 Å². The number of nitrogens with one attached hydrogen (secondary N) is 2. The number of aromatic nitrogens is 5. The van der Waals surface area contributed by atoms with E-state index < -0.39 is 175 Å². The van der Waals surface area contributed by atoms with E-state index in [-0.39, 0.29) is 144 Å². The van der Waals surface area contributed by atoms with Crippen molar-refractivity contribution in [2.75, 3.05) is 42.7 Å². The summed E-state index contributed by atoms with van der Waals surface area (Å²) in [4.78, 5) is 187. The number of carbonyl (C=O) groups excluding carboxylic acids is 7. The number of ether oxygens (including phenoxy) is 9. The van der Waals surface area contributed by atoms with E-state index in [1.807, 2.05) is 0 Å². The van der Waals surface area contributed by atoms with Crippen molar-refractivity contribution in [2.24, 2.45) is 0 Å². The number of carboxylic acids is 3. The van der Waals surface area contributed by atoms with Gasteiger partial charge in [-0.1, -0.05) is 46.5 Å². The molecule has 0 spiro atoms. The van der Waals surface area contributed by atoms with Crippen LogP contribution in [0.25, 0.3) is 0 Å². The van der Waals surface area contributed by atoms with Crippen molar-refractivity contribution in [1.29, 1.82) is 0 Å². The average Bonchev–Trinajstić information content (AvgIpc) is 1.73. The van der Waals surface area contributed by atoms with Crippen molar-refractivity contribution in [3.05, 3.63) is 210 Å².